The maximum atomic E-state index is 14.2. The highest BCUT2D eigenvalue weighted by Crippen LogP contribution is 2.29. The summed E-state index contributed by atoms with van der Waals surface area (Å²) in [5, 5.41) is 9.11. The third-order valence-electron chi connectivity index (χ3n) is 3.23. The van der Waals surface area contributed by atoms with Crippen molar-refractivity contribution in [3.05, 3.63) is 58.1 Å². The van der Waals surface area contributed by atoms with Crippen LogP contribution in [0.15, 0.2) is 40.9 Å². The predicted molar refractivity (Wildman–Crippen MR) is 80.4 cm³/mol. The molecule has 0 aliphatic heterocycles. The van der Waals surface area contributed by atoms with Crippen molar-refractivity contribution in [2.24, 2.45) is 0 Å². The fourth-order valence-electron chi connectivity index (χ4n) is 2.31. The van der Waals surface area contributed by atoms with Crippen LogP contribution in [0.3, 0.4) is 0 Å². The summed E-state index contributed by atoms with van der Waals surface area (Å²) in [5.74, 6) is -0.860. The van der Waals surface area contributed by atoms with Gasteiger partial charge in [-0.25, -0.2) is 14.2 Å². The molecule has 1 N–H and O–H groups in total. The Morgan fingerprint density at radius 1 is 1.33 bits per heavy atom. The van der Waals surface area contributed by atoms with Gasteiger partial charge in [0.1, 0.15) is 11.6 Å². The highest BCUT2D eigenvalue weighted by molar-refractivity contribution is 9.10. The van der Waals surface area contributed by atoms with E-state index in [-0.39, 0.29) is 5.56 Å². The smallest absolute Gasteiger partial charge is 0.335 e. The lowest BCUT2D eigenvalue weighted by molar-refractivity contribution is 0.0697. The first-order chi connectivity index (χ1) is 9.99. The van der Waals surface area contributed by atoms with Gasteiger partial charge in [0.25, 0.3) is 0 Å². The number of hydrogen-bond donors (Lipinski definition) is 1. The monoisotopic (exact) mass is 348 g/mol. The number of benzene rings is 2. The number of carboxylic acid groups (broad SMARTS) is 1. The molecule has 0 saturated heterocycles. The van der Waals surface area contributed by atoms with Crippen molar-refractivity contribution in [2.45, 2.75) is 6.92 Å². The van der Waals surface area contributed by atoms with Crippen molar-refractivity contribution < 1.29 is 14.3 Å². The molecule has 0 unspecified atom stereocenters. The van der Waals surface area contributed by atoms with E-state index in [1.54, 1.807) is 29.7 Å². The molecule has 0 spiro atoms. The lowest BCUT2D eigenvalue weighted by Gasteiger charge is -2.10. The van der Waals surface area contributed by atoms with Gasteiger partial charge in [-0.1, -0.05) is 6.07 Å². The number of imidazole rings is 1. The molecule has 0 radical (unpaired) electrons. The molecule has 1 heterocycles. The number of para-hydroxylation sites is 1. The molecule has 2 aromatic carbocycles. The van der Waals surface area contributed by atoms with Gasteiger partial charge < -0.3 is 5.11 Å². The van der Waals surface area contributed by atoms with Crippen LogP contribution in [-0.4, -0.2) is 20.6 Å². The number of aromatic carboxylic acids is 1. The number of nitrogens with zero attached hydrogens (tertiary/aromatic N) is 2. The minimum absolute atomic E-state index is 0.135. The quantitative estimate of drug-likeness (QED) is 0.763. The molecular weight excluding hydrogens is 339 g/mol. The van der Waals surface area contributed by atoms with Crippen LogP contribution < -0.4 is 0 Å². The van der Waals surface area contributed by atoms with E-state index in [9.17, 15) is 9.18 Å². The SMILES string of the molecule is Cc1nc2ccc(C(=O)O)cc2n1-c1c(F)cccc1Br. The number of carboxylic acids is 1. The lowest BCUT2D eigenvalue weighted by atomic mass is 10.2. The molecule has 0 aliphatic rings. The Labute approximate surface area is 128 Å². The van der Waals surface area contributed by atoms with Crippen LogP contribution in [0.25, 0.3) is 16.7 Å². The molecule has 0 amide bonds. The van der Waals surface area contributed by atoms with Crippen molar-refractivity contribution in [1.29, 1.82) is 0 Å². The second-order valence-corrected chi connectivity index (χ2v) is 5.43. The second kappa shape index (κ2) is 4.96. The van der Waals surface area contributed by atoms with E-state index >= 15 is 0 Å². The zero-order chi connectivity index (χ0) is 15.1. The normalized spacial score (nSPS) is 11.0. The van der Waals surface area contributed by atoms with Crippen LogP contribution in [0, 0.1) is 12.7 Å². The topological polar surface area (TPSA) is 55.1 Å². The molecule has 4 nitrogen and oxygen atoms in total. The highest BCUT2D eigenvalue weighted by atomic mass is 79.9. The Balaban J connectivity index is 2.39. The van der Waals surface area contributed by atoms with E-state index < -0.39 is 11.8 Å². The third-order valence-corrected chi connectivity index (χ3v) is 3.87. The summed E-state index contributed by atoms with van der Waals surface area (Å²) in [5.41, 5.74) is 1.63. The number of aromatic nitrogens is 2. The lowest BCUT2D eigenvalue weighted by Crippen LogP contribution is -2.02. The molecule has 1 aromatic heterocycles. The van der Waals surface area contributed by atoms with Gasteiger partial charge in [0, 0.05) is 4.47 Å². The Morgan fingerprint density at radius 3 is 2.76 bits per heavy atom. The maximum Gasteiger partial charge on any atom is 0.335 e. The Bertz CT molecular complexity index is 853. The highest BCUT2D eigenvalue weighted by Gasteiger charge is 2.17. The molecule has 0 fully saturated rings. The van der Waals surface area contributed by atoms with Crippen LogP contribution in [0.2, 0.25) is 0 Å². The van der Waals surface area contributed by atoms with Gasteiger partial charge in [-0.2, -0.15) is 0 Å². The summed E-state index contributed by atoms with van der Waals surface area (Å²) in [7, 11) is 0. The molecule has 21 heavy (non-hydrogen) atoms. The van der Waals surface area contributed by atoms with Crippen LogP contribution in [0.4, 0.5) is 4.39 Å². The Morgan fingerprint density at radius 2 is 2.10 bits per heavy atom. The number of halogens is 2. The third kappa shape index (κ3) is 2.21. The number of rotatable bonds is 2. The molecule has 0 bridgehead atoms. The van der Waals surface area contributed by atoms with E-state index in [1.165, 1.54) is 18.2 Å². The molecule has 0 aliphatic carbocycles. The largest absolute Gasteiger partial charge is 0.478 e. The van der Waals surface area contributed by atoms with Crippen LogP contribution in [0.5, 0.6) is 0 Å². The van der Waals surface area contributed by atoms with E-state index in [4.69, 9.17) is 5.11 Å². The molecule has 106 valence electrons. The Kier molecular flexibility index (Phi) is 3.25. The van der Waals surface area contributed by atoms with E-state index in [2.05, 4.69) is 20.9 Å². The number of aryl methyl sites for hydroxylation is 1. The van der Waals surface area contributed by atoms with Gasteiger partial charge in [-0.3, -0.25) is 4.57 Å². The first-order valence-corrected chi connectivity index (χ1v) is 6.95. The summed E-state index contributed by atoms with van der Waals surface area (Å²) >= 11 is 3.33. The minimum atomic E-state index is -1.03. The number of carbonyl (C=O) groups is 1. The molecule has 0 atom stereocenters. The summed E-state index contributed by atoms with van der Waals surface area (Å²) in [6, 6.07) is 9.28. The molecule has 3 rings (SSSR count). The summed E-state index contributed by atoms with van der Waals surface area (Å²) < 4.78 is 16.4. The Hall–Kier alpha value is -2.21. The zero-order valence-corrected chi connectivity index (χ0v) is 12.6. The summed E-state index contributed by atoms with van der Waals surface area (Å²) in [6.07, 6.45) is 0. The van der Waals surface area contributed by atoms with Crippen molar-refractivity contribution >= 4 is 32.9 Å². The van der Waals surface area contributed by atoms with Crippen LogP contribution in [-0.2, 0) is 0 Å². The van der Waals surface area contributed by atoms with Gasteiger partial charge in [0.15, 0.2) is 0 Å². The molecular formula is C15H10BrFN2O2. The number of hydrogen-bond acceptors (Lipinski definition) is 2. The van der Waals surface area contributed by atoms with Crippen molar-refractivity contribution in [3.8, 4) is 5.69 Å². The van der Waals surface area contributed by atoms with E-state index in [1.807, 2.05) is 0 Å². The average Bonchev–Trinajstić information content (AvgIpc) is 2.74. The van der Waals surface area contributed by atoms with E-state index in [0.29, 0.717) is 27.0 Å². The molecule has 0 saturated carbocycles. The summed E-state index contributed by atoms with van der Waals surface area (Å²) in [4.78, 5) is 15.5. The van der Waals surface area contributed by atoms with Crippen LogP contribution in [0.1, 0.15) is 16.2 Å². The number of fused-ring (bicyclic) bond motifs is 1. The molecule has 3 aromatic rings. The first kappa shape index (κ1) is 13.8. The minimum Gasteiger partial charge on any atom is -0.478 e. The zero-order valence-electron chi connectivity index (χ0n) is 11.0. The van der Waals surface area contributed by atoms with Crippen LogP contribution >= 0.6 is 15.9 Å². The van der Waals surface area contributed by atoms with Gasteiger partial charge in [-0.05, 0) is 53.2 Å². The fourth-order valence-corrected chi connectivity index (χ4v) is 2.83. The predicted octanol–water partition coefficient (Wildman–Crippen LogP) is 3.93. The molecule has 6 heteroatoms. The maximum absolute atomic E-state index is 14.2. The van der Waals surface area contributed by atoms with Gasteiger partial charge >= 0.3 is 5.97 Å². The van der Waals surface area contributed by atoms with Crippen molar-refractivity contribution in [3.63, 3.8) is 0 Å². The van der Waals surface area contributed by atoms with Gasteiger partial charge in [-0.15, -0.1) is 0 Å². The first-order valence-electron chi connectivity index (χ1n) is 6.16. The van der Waals surface area contributed by atoms with Crippen molar-refractivity contribution in [2.75, 3.05) is 0 Å². The van der Waals surface area contributed by atoms with Gasteiger partial charge in [0.2, 0.25) is 0 Å². The standard InChI is InChI=1S/C15H10BrFN2O2/c1-8-18-12-6-5-9(15(20)21)7-13(12)19(8)14-10(16)3-2-4-11(14)17/h2-7H,1H3,(H,20,21). The second-order valence-electron chi connectivity index (χ2n) is 4.57. The average molecular weight is 349 g/mol. The summed E-state index contributed by atoms with van der Waals surface area (Å²) in [6.45, 7) is 1.75. The van der Waals surface area contributed by atoms with Crippen molar-refractivity contribution in [1.82, 2.24) is 9.55 Å². The fraction of sp³-hybridized carbons (Fsp3) is 0.0667. The van der Waals surface area contributed by atoms with Gasteiger partial charge in [0.05, 0.1) is 22.3 Å². The van der Waals surface area contributed by atoms with E-state index in [0.717, 1.165) is 0 Å².